The van der Waals surface area contributed by atoms with Gasteiger partial charge in [0, 0.05) is 13.1 Å². The van der Waals surface area contributed by atoms with Crippen LogP contribution in [0.5, 0.6) is 0 Å². The van der Waals surface area contributed by atoms with Gasteiger partial charge in [0.05, 0.1) is 5.60 Å². The Balaban J connectivity index is 2.36. The summed E-state index contributed by atoms with van der Waals surface area (Å²) in [4.78, 5) is 2.24. The molecule has 2 heteroatoms. The van der Waals surface area contributed by atoms with Gasteiger partial charge in [0.15, 0.2) is 0 Å². The fourth-order valence-electron chi connectivity index (χ4n) is 2.71. The average molecular weight is 213 g/mol. The van der Waals surface area contributed by atoms with E-state index < -0.39 is 0 Å². The molecule has 0 radical (unpaired) electrons. The van der Waals surface area contributed by atoms with Crippen molar-refractivity contribution in [2.75, 3.05) is 20.1 Å². The Morgan fingerprint density at radius 3 is 2.60 bits per heavy atom. The molecule has 1 fully saturated rings. The number of rotatable bonds is 6. The Bertz CT molecular complexity index is 183. The van der Waals surface area contributed by atoms with Gasteiger partial charge in [-0.3, -0.25) is 0 Å². The summed E-state index contributed by atoms with van der Waals surface area (Å²) in [5.74, 6) is 0.724. The van der Waals surface area contributed by atoms with Crippen LogP contribution in [-0.4, -0.2) is 35.7 Å². The Labute approximate surface area is 94.7 Å². The third kappa shape index (κ3) is 4.12. The van der Waals surface area contributed by atoms with Gasteiger partial charge in [-0.1, -0.05) is 39.5 Å². The van der Waals surface area contributed by atoms with Gasteiger partial charge in [0.1, 0.15) is 0 Å². The molecule has 0 spiro atoms. The molecule has 0 aromatic heterocycles. The zero-order valence-electron chi connectivity index (χ0n) is 10.6. The van der Waals surface area contributed by atoms with Crippen LogP contribution in [0.4, 0.5) is 0 Å². The normalized spacial score (nSPS) is 29.6. The van der Waals surface area contributed by atoms with Crippen LogP contribution < -0.4 is 0 Å². The first-order chi connectivity index (χ1) is 7.09. The Morgan fingerprint density at radius 1 is 1.40 bits per heavy atom. The molecule has 0 aliphatic carbocycles. The Kier molecular flexibility index (Phi) is 5.07. The highest BCUT2D eigenvalue weighted by Gasteiger charge is 2.35. The van der Waals surface area contributed by atoms with Crippen molar-refractivity contribution in [1.82, 2.24) is 4.90 Å². The van der Waals surface area contributed by atoms with Gasteiger partial charge in [-0.25, -0.2) is 0 Å². The zero-order valence-corrected chi connectivity index (χ0v) is 10.6. The summed E-state index contributed by atoms with van der Waals surface area (Å²) in [6, 6.07) is 0. The summed E-state index contributed by atoms with van der Waals surface area (Å²) in [5, 5.41) is 10.4. The minimum atomic E-state index is -0.386. The molecule has 0 saturated carbocycles. The van der Waals surface area contributed by atoms with E-state index in [0.29, 0.717) is 0 Å². The van der Waals surface area contributed by atoms with Crippen molar-refractivity contribution in [2.24, 2.45) is 5.92 Å². The summed E-state index contributed by atoms with van der Waals surface area (Å²) < 4.78 is 0. The molecule has 1 heterocycles. The molecule has 1 aliphatic heterocycles. The molecule has 90 valence electrons. The van der Waals surface area contributed by atoms with Gasteiger partial charge >= 0.3 is 0 Å². The maximum atomic E-state index is 10.4. The molecular weight excluding hydrogens is 186 g/mol. The highest BCUT2D eigenvalue weighted by Crippen LogP contribution is 2.30. The van der Waals surface area contributed by atoms with Crippen LogP contribution in [0, 0.1) is 5.92 Å². The number of aliphatic hydroxyl groups is 1. The quantitative estimate of drug-likeness (QED) is 0.733. The molecular formula is C13H27NO. The number of likely N-dealkylation sites (N-methyl/N-ethyl adjacent to an activating group) is 1. The van der Waals surface area contributed by atoms with Crippen molar-refractivity contribution >= 4 is 0 Å². The first-order valence-corrected chi connectivity index (χ1v) is 6.50. The molecule has 1 saturated heterocycles. The molecule has 0 bridgehead atoms. The smallest absolute Gasteiger partial charge is 0.0788 e. The molecule has 1 rings (SSSR count). The number of hydrogen-bond acceptors (Lipinski definition) is 2. The topological polar surface area (TPSA) is 23.5 Å². The van der Waals surface area contributed by atoms with Crippen LogP contribution in [0.3, 0.4) is 0 Å². The van der Waals surface area contributed by atoms with Crippen LogP contribution in [0.1, 0.15) is 52.4 Å². The van der Waals surface area contributed by atoms with Crippen LogP contribution in [0.25, 0.3) is 0 Å². The molecule has 0 amide bonds. The second-order valence-corrected chi connectivity index (χ2v) is 5.33. The number of hydrogen-bond donors (Lipinski definition) is 1. The van der Waals surface area contributed by atoms with Crippen molar-refractivity contribution in [1.29, 1.82) is 0 Å². The molecule has 2 atom stereocenters. The summed E-state index contributed by atoms with van der Waals surface area (Å²) in [6.07, 6.45) is 7.06. The lowest BCUT2D eigenvalue weighted by atomic mass is 9.85. The average Bonchev–Trinajstić information content (AvgIpc) is 2.53. The predicted octanol–water partition coefficient (Wildman–Crippen LogP) is 2.66. The fourth-order valence-corrected chi connectivity index (χ4v) is 2.71. The maximum absolute atomic E-state index is 10.4. The first-order valence-electron chi connectivity index (χ1n) is 6.50. The van der Waals surface area contributed by atoms with Gasteiger partial charge < -0.3 is 10.0 Å². The largest absolute Gasteiger partial charge is 0.388 e. The highest BCUT2D eigenvalue weighted by atomic mass is 16.3. The number of β-amino-alcohol motifs (C(OH)–C–C–N with tert-alkyl or cyclic N) is 1. The lowest BCUT2D eigenvalue weighted by Gasteiger charge is -2.27. The van der Waals surface area contributed by atoms with Crippen LogP contribution in [-0.2, 0) is 0 Å². The maximum Gasteiger partial charge on any atom is 0.0788 e. The van der Waals surface area contributed by atoms with E-state index in [1.165, 1.54) is 25.7 Å². The SMILES string of the molecule is CCCCC(CC)CC1(O)CCN(C)C1. The standard InChI is InChI=1S/C13H27NO/c1-4-6-7-12(5-2)10-13(15)8-9-14(3)11-13/h12,15H,4-11H2,1-3H3. The van der Waals surface area contributed by atoms with Gasteiger partial charge in [-0.2, -0.15) is 0 Å². The van der Waals surface area contributed by atoms with E-state index in [9.17, 15) is 5.11 Å². The van der Waals surface area contributed by atoms with Crippen molar-refractivity contribution in [3.05, 3.63) is 0 Å². The van der Waals surface area contributed by atoms with Crippen molar-refractivity contribution < 1.29 is 5.11 Å². The molecule has 1 aliphatic rings. The molecule has 0 aromatic rings. The van der Waals surface area contributed by atoms with Gasteiger partial charge in [0.25, 0.3) is 0 Å². The fraction of sp³-hybridized carbons (Fsp3) is 1.00. The van der Waals surface area contributed by atoms with E-state index in [2.05, 4.69) is 25.8 Å². The van der Waals surface area contributed by atoms with Crippen molar-refractivity contribution in [3.8, 4) is 0 Å². The van der Waals surface area contributed by atoms with E-state index >= 15 is 0 Å². The van der Waals surface area contributed by atoms with E-state index in [4.69, 9.17) is 0 Å². The highest BCUT2D eigenvalue weighted by molar-refractivity contribution is 4.90. The summed E-state index contributed by atoms with van der Waals surface area (Å²) >= 11 is 0. The summed E-state index contributed by atoms with van der Waals surface area (Å²) in [5.41, 5.74) is -0.386. The van der Waals surface area contributed by atoms with Crippen LogP contribution in [0.2, 0.25) is 0 Å². The number of nitrogens with zero attached hydrogens (tertiary/aromatic N) is 1. The lowest BCUT2D eigenvalue weighted by Crippen LogP contribution is -2.34. The van der Waals surface area contributed by atoms with Gasteiger partial charge in [0.2, 0.25) is 0 Å². The summed E-state index contributed by atoms with van der Waals surface area (Å²) in [6.45, 7) is 6.42. The Hall–Kier alpha value is -0.0800. The molecule has 2 nitrogen and oxygen atoms in total. The second-order valence-electron chi connectivity index (χ2n) is 5.33. The van der Waals surface area contributed by atoms with Crippen molar-refractivity contribution in [2.45, 2.75) is 58.0 Å². The minimum Gasteiger partial charge on any atom is -0.388 e. The second kappa shape index (κ2) is 5.86. The molecule has 0 aromatic carbocycles. The van der Waals surface area contributed by atoms with E-state index in [0.717, 1.165) is 31.8 Å². The van der Waals surface area contributed by atoms with E-state index in [1.54, 1.807) is 0 Å². The molecule has 2 unspecified atom stereocenters. The zero-order chi connectivity index (χ0) is 11.3. The van der Waals surface area contributed by atoms with Gasteiger partial charge in [-0.05, 0) is 25.8 Å². The first kappa shape index (κ1) is 13.0. The van der Waals surface area contributed by atoms with Crippen LogP contribution >= 0.6 is 0 Å². The number of likely N-dealkylation sites (tertiary alicyclic amines) is 1. The monoisotopic (exact) mass is 213 g/mol. The summed E-state index contributed by atoms with van der Waals surface area (Å²) in [7, 11) is 2.10. The predicted molar refractivity (Wildman–Crippen MR) is 65.0 cm³/mol. The third-order valence-electron chi connectivity index (χ3n) is 3.74. The van der Waals surface area contributed by atoms with Crippen molar-refractivity contribution in [3.63, 3.8) is 0 Å². The van der Waals surface area contributed by atoms with Gasteiger partial charge in [-0.15, -0.1) is 0 Å². The minimum absolute atomic E-state index is 0.386. The van der Waals surface area contributed by atoms with E-state index in [-0.39, 0.29) is 5.60 Å². The van der Waals surface area contributed by atoms with E-state index in [1.807, 2.05) is 0 Å². The van der Waals surface area contributed by atoms with Crippen LogP contribution in [0.15, 0.2) is 0 Å². The Morgan fingerprint density at radius 2 is 2.13 bits per heavy atom. The third-order valence-corrected chi connectivity index (χ3v) is 3.74. The number of unbranched alkanes of at least 4 members (excludes halogenated alkanes) is 1. The molecule has 1 N–H and O–H groups in total. The molecule has 15 heavy (non-hydrogen) atoms. The lowest BCUT2D eigenvalue weighted by molar-refractivity contribution is 0.0244.